The Kier molecular flexibility index (Phi) is 14.5. The topological polar surface area (TPSA) is 237 Å². The number of nitrogens with one attached hydrogen (secondary N) is 5. The maximum Gasteiger partial charge on any atom is 0.249 e. The number of fused-ring (bicyclic) bond motifs is 1. The van der Waals surface area contributed by atoms with E-state index >= 15 is 0 Å². The summed E-state index contributed by atoms with van der Waals surface area (Å²) in [4.78, 5) is 66.6. The van der Waals surface area contributed by atoms with Gasteiger partial charge in [-0.05, 0) is 106 Å². The molecule has 1 unspecified atom stereocenters. The van der Waals surface area contributed by atoms with Crippen LogP contribution in [-0.2, 0) is 19.2 Å². The van der Waals surface area contributed by atoms with E-state index in [-0.39, 0.29) is 48.3 Å². The number of anilines is 4. The molecule has 0 saturated carbocycles. The van der Waals surface area contributed by atoms with Crippen molar-refractivity contribution in [1.29, 1.82) is 10.7 Å². The van der Waals surface area contributed by atoms with E-state index in [2.05, 4.69) is 42.2 Å². The molecule has 5 aromatic rings. The summed E-state index contributed by atoms with van der Waals surface area (Å²) >= 11 is 6.69. The first kappa shape index (κ1) is 49.5. The van der Waals surface area contributed by atoms with Gasteiger partial charge in [0.05, 0.1) is 51.9 Å². The van der Waals surface area contributed by atoms with E-state index in [9.17, 15) is 33.9 Å². The van der Waals surface area contributed by atoms with Crippen LogP contribution in [0.15, 0.2) is 79.4 Å². The summed E-state index contributed by atoms with van der Waals surface area (Å²) in [5.41, 5.74) is 3.24. The molecule has 20 heteroatoms. The first-order valence-corrected chi connectivity index (χ1v) is 24.8. The summed E-state index contributed by atoms with van der Waals surface area (Å²) < 4.78 is 15.1. The third-order valence-corrected chi connectivity index (χ3v) is 15.1. The van der Waals surface area contributed by atoms with Crippen LogP contribution in [0.2, 0.25) is 5.02 Å². The zero-order chi connectivity index (χ0) is 50.6. The Morgan fingerprint density at radius 2 is 1.69 bits per heavy atom. The Labute approximate surface area is 421 Å². The van der Waals surface area contributed by atoms with Crippen LogP contribution in [0.3, 0.4) is 0 Å². The number of carbonyl (C=O) groups excluding carboxylic acids is 4. The van der Waals surface area contributed by atoms with Gasteiger partial charge in [-0.2, -0.15) is 10.4 Å². The van der Waals surface area contributed by atoms with Crippen LogP contribution in [0.4, 0.5) is 27.3 Å². The van der Waals surface area contributed by atoms with Crippen LogP contribution in [0.5, 0.6) is 0 Å². The highest BCUT2D eigenvalue weighted by molar-refractivity contribution is 6.33. The number of nitrogens with zero attached hydrogens (tertiary/aromatic N) is 8. The summed E-state index contributed by atoms with van der Waals surface area (Å²) in [6, 6.07) is 16.8. The summed E-state index contributed by atoms with van der Waals surface area (Å²) in [5.74, 6) is -0.431. The maximum atomic E-state index is 13.6. The van der Waals surface area contributed by atoms with E-state index in [1.807, 2.05) is 31.2 Å². The van der Waals surface area contributed by atoms with Crippen LogP contribution in [0.25, 0.3) is 22.3 Å². The highest BCUT2D eigenvalue weighted by Crippen LogP contribution is 2.39. The summed E-state index contributed by atoms with van der Waals surface area (Å²) in [6.45, 7) is 5.27. The maximum absolute atomic E-state index is 13.6. The van der Waals surface area contributed by atoms with E-state index < -0.39 is 17.1 Å². The van der Waals surface area contributed by atoms with Crippen molar-refractivity contribution in [3.05, 3.63) is 101 Å². The highest BCUT2D eigenvalue weighted by atomic mass is 35.5. The van der Waals surface area contributed by atoms with Crippen molar-refractivity contribution in [2.24, 2.45) is 5.41 Å². The van der Waals surface area contributed by atoms with Gasteiger partial charge in [0.2, 0.25) is 23.6 Å². The molecular weight excluding hydrogens is 941 g/mol. The van der Waals surface area contributed by atoms with Crippen molar-refractivity contribution in [3.8, 4) is 17.3 Å². The lowest BCUT2D eigenvalue weighted by molar-refractivity contribution is -0.138. The predicted octanol–water partition coefficient (Wildman–Crippen LogP) is 6.30. The standard InChI is InChI=1S/C52H57ClFN13O5/c1-2-51(50(71)61-38-6-4-36(54)5-7-38)15-21-65(22-16-51)44-11-3-33(29-58-44)47-48-35(28-56)31-59-67(48)32-42(62-47)34(27-55)30-57-37-13-19-66(20-14-37)46(69)26-52(72)17-23-64(24-18-52)43-10-8-39(25-40(43)53)60-41-9-12-45(68)63-49(41)70/h3-8,10-11,25,27,29-32,37,41,55,57,60,72H,2,9,12-24,26H2,1H3,(H,61,71)(H,63,68,70)/b34-30+,55-27?. The van der Waals surface area contributed by atoms with Gasteiger partial charge in [-0.25, -0.2) is 18.9 Å². The number of hydrogen-bond donors (Lipinski definition) is 6. The number of rotatable bonds is 14. The number of amides is 4. The molecule has 7 heterocycles. The normalized spacial score (nSPS) is 19.3. The Morgan fingerprint density at radius 3 is 2.35 bits per heavy atom. The molecule has 4 aliphatic heterocycles. The summed E-state index contributed by atoms with van der Waals surface area (Å²) in [7, 11) is 0. The molecule has 3 aromatic heterocycles. The molecule has 0 spiro atoms. The molecule has 9 rings (SSSR count). The molecular formula is C52H57ClFN13O5. The van der Waals surface area contributed by atoms with Crippen LogP contribution >= 0.6 is 11.6 Å². The lowest BCUT2D eigenvalue weighted by atomic mass is 9.75. The van der Waals surface area contributed by atoms with Crippen molar-refractivity contribution < 1.29 is 28.7 Å². The molecule has 374 valence electrons. The quantitative estimate of drug-likeness (QED) is 0.0530. The fourth-order valence-electron chi connectivity index (χ4n) is 10.2. The van der Waals surface area contributed by atoms with Crippen molar-refractivity contribution in [1.82, 2.24) is 35.1 Å². The number of pyridine rings is 1. The fraction of sp³-hybridized carbons (Fsp3) is 0.404. The van der Waals surface area contributed by atoms with E-state index in [1.165, 1.54) is 24.5 Å². The number of hydrogen-bond acceptors (Lipinski definition) is 14. The van der Waals surface area contributed by atoms with Crippen LogP contribution in [0, 0.1) is 28.0 Å². The van der Waals surface area contributed by atoms with Crippen molar-refractivity contribution in [2.75, 3.05) is 59.7 Å². The minimum absolute atomic E-state index is 0.0157. The van der Waals surface area contributed by atoms with Gasteiger partial charge in [-0.1, -0.05) is 18.5 Å². The molecule has 4 amide bonds. The average Bonchev–Trinajstić information content (AvgIpc) is 3.82. The molecule has 0 aliphatic carbocycles. The van der Waals surface area contributed by atoms with E-state index in [4.69, 9.17) is 27.0 Å². The number of piperidine rings is 4. The number of nitriles is 1. The van der Waals surface area contributed by atoms with Gasteiger partial charge < -0.3 is 41.2 Å². The van der Waals surface area contributed by atoms with Gasteiger partial charge in [0, 0.05) is 92.9 Å². The Morgan fingerprint density at radius 1 is 0.972 bits per heavy atom. The molecule has 0 bridgehead atoms. The molecule has 1 atom stereocenters. The van der Waals surface area contributed by atoms with E-state index in [1.54, 1.807) is 46.2 Å². The largest absolute Gasteiger partial charge is 0.389 e. The zero-order valence-corrected chi connectivity index (χ0v) is 40.7. The fourth-order valence-corrected chi connectivity index (χ4v) is 10.5. The highest BCUT2D eigenvalue weighted by Gasteiger charge is 2.41. The van der Waals surface area contributed by atoms with Crippen molar-refractivity contribution in [3.63, 3.8) is 0 Å². The van der Waals surface area contributed by atoms with Crippen LogP contribution in [0.1, 0.15) is 82.4 Å². The van der Waals surface area contributed by atoms with Gasteiger partial charge in [-0.3, -0.25) is 24.5 Å². The molecule has 0 radical (unpaired) electrons. The average molecular weight is 999 g/mol. The number of aromatic nitrogens is 4. The SMILES string of the molecule is CCC1(C(=O)Nc2ccc(F)cc2)CCN(c2ccc(-c3nc(/C(C=N)=C/NC4CCN(C(=O)CC5(O)CCN(c6ccc(NC7CCC(=O)NC7=O)cc6Cl)CC5)CC4)cn4ncc(C#N)c34)cn2)CC1. The van der Waals surface area contributed by atoms with Crippen molar-refractivity contribution >= 4 is 75.4 Å². The Hall–Kier alpha value is -7.43. The van der Waals surface area contributed by atoms with Crippen molar-refractivity contribution in [2.45, 2.75) is 88.8 Å². The van der Waals surface area contributed by atoms with Gasteiger partial charge in [0.15, 0.2) is 0 Å². The number of aliphatic hydroxyl groups is 1. The summed E-state index contributed by atoms with van der Waals surface area (Å²) in [6.07, 6.45) is 12.5. The number of allylic oxidation sites excluding steroid dienone is 1. The lowest BCUT2D eigenvalue weighted by Crippen LogP contribution is -2.50. The zero-order valence-electron chi connectivity index (χ0n) is 40.0. The number of benzene rings is 2. The van der Waals surface area contributed by atoms with Gasteiger partial charge in [0.25, 0.3) is 0 Å². The minimum Gasteiger partial charge on any atom is -0.389 e. The second-order valence-electron chi connectivity index (χ2n) is 19.2. The molecule has 4 saturated heterocycles. The third-order valence-electron chi connectivity index (χ3n) is 14.8. The Balaban J connectivity index is 0.783. The third kappa shape index (κ3) is 10.7. The molecule has 18 nitrogen and oxygen atoms in total. The second-order valence-corrected chi connectivity index (χ2v) is 19.6. The predicted molar refractivity (Wildman–Crippen MR) is 272 cm³/mol. The van der Waals surface area contributed by atoms with Gasteiger partial charge >= 0.3 is 0 Å². The van der Waals surface area contributed by atoms with Gasteiger partial charge in [-0.15, -0.1) is 0 Å². The number of carbonyl (C=O) groups is 4. The smallest absolute Gasteiger partial charge is 0.249 e. The number of imide groups is 1. The van der Waals surface area contributed by atoms with Gasteiger partial charge in [0.1, 0.15) is 34.8 Å². The number of halogens is 2. The minimum atomic E-state index is -1.15. The van der Waals surface area contributed by atoms with Crippen LogP contribution in [-0.4, -0.2) is 116 Å². The molecule has 2 aromatic carbocycles. The molecule has 4 aliphatic rings. The first-order chi connectivity index (χ1) is 34.8. The monoisotopic (exact) mass is 997 g/mol. The van der Waals surface area contributed by atoms with E-state index in [0.29, 0.717) is 141 Å². The molecule has 72 heavy (non-hydrogen) atoms. The molecule has 6 N–H and O–H groups in total. The molecule has 4 fully saturated rings. The number of likely N-dealkylation sites (tertiary alicyclic amines) is 1. The summed E-state index contributed by atoms with van der Waals surface area (Å²) in [5, 5.41) is 46.8. The Bertz CT molecular complexity index is 2930. The first-order valence-electron chi connectivity index (χ1n) is 24.4. The lowest BCUT2D eigenvalue weighted by Gasteiger charge is -2.41. The van der Waals surface area contributed by atoms with Crippen LogP contribution < -0.4 is 31.1 Å². The van der Waals surface area contributed by atoms with E-state index in [0.717, 1.165) is 11.5 Å². The second kappa shape index (κ2) is 21.1.